The number of likely N-dealkylation sites (tertiary alicyclic amines) is 1. The number of hydrogen-bond acceptors (Lipinski definition) is 3. The molecule has 1 aromatic rings. The topological polar surface area (TPSA) is 45.5 Å². The molecular weight excluding hydrogens is 264 g/mol. The summed E-state index contributed by atoms with van der Waals surface area (Å²) in [5, 5.41) is 3.78. The molecule has 2 fully saturated rings. The number of aryl methyl sites for hydroxylation is 1. The van der Waals surface area contributed by atoms with E-state index in [-0.39, 0.29) is 5.91 Å². The molecule has 1 saturated carbocycles. The third kappa shape index (κ3) is 3.31. The van der Waals surface area contributed by atoms with E-state index in [0.717, 1.165) is 31.0 Å². The van der Waals surface area contributed by atoms with Crippen molar-refractivity contribution in [3.8, 4) is 0 Å². The van der Waals surface area contributed by atoms with Crippen molar-refractivity contribution in [1.29, 1.82) is 0 Å². The normalized spacial score (nSPS) is 24.7. The van der Waals surface area contributed by atoms with Crippen molar-refractivity contribution in [2.24, 2.45) is 5.92 Å². The minimum atomic E-state index is 0.186. The summed E-state index contributed by atoms with van der Waals surface area (Å²) in [5.74, 6) is 2.90. The molecule has 1 N–H and O–H groups in total. The van der Waals surface area contributed by atoms with E-state index in [4.69, 9.17) is 4.42 Å². The lowest BCUT2D eigenvalue weighted by atomic mass is 9.95. The zero-order valence-corrected chi connectivity index (χ0v) is 13.1. The quantitative estimate of drug-likeness (QED) is 0.927. The molecule has 1 amide bonds. The number of carbonyl (C=O) groups excluding carboxylic acids is 1. The van der Waals surface area contributed by atoms with Crippen molar-refractivity contribution in [2.75, 3.05) is 13.1 Å². The van der Waals surface area contributed by atoms with E-state index < -0.39 is 0 Å². The summed E-state index contributed by atoms with van der Waals surface area (Å²) in [6, 6.07) is 4.86. The van der Waals surface area contributed by atoms with Crippen LogP contribution in [0, 0.1) is 12.8 Å². The van der Waals surface area contributed by atoms with Gasteiger partial charge in [0, 0.05) is 26.1 Å². The number of carbonyl (C=O) groups is 1. The molecular formula is C17H26N2O2. The van der Waals surface area contributed by atoms with Crippen LogP contribution >= 0.6 is 0 Å². The maximum atomic E-state index is 11.5. The first-order valence-corrected chi connectivity index (χ1v) is 8.21. The number of hydrogen-bond donors (Lipinski definition) is 1. The van der Waals surface area contributed by atoms with Gasteiger partial charge in [-0.15, -0.1) is 0 Å². The Morgan fingerprint density at radius 2 is 2.10 bits per heavy atom. The van der Waals surface area contributed by atoms with E-state index in [1.165, 1.54) is 25.7 Å². The van der Waals surface area contributed by atoms with Crippen LogP contribution in [0.15, 0.2) is 16.5 Å². The lowest BCUT2D eigenvalue weighted by molar-refractivity contribution is -0.127. The predicted octanol–water partition coefficient (Wildman–Crippen LogP) is 3.03. The first-order chi connectivity index (χ1) is 10.1. The van der Waals surface area contributed by atoms with Crippen molar-refractivity contribution >= 4 is 5.91 Å². The molecule has 0 spiro atoms. The Bertz CT molecular complexity index is 491. The number of nitrogens with zero attached hydrogens (tertiary/aromatic N) is 1. The fraction of sp³-hybridized carbons (Fsp3) is 0.706. The van der Waals surface area contributed by atoms with E-state index in [1.807, 2.05) is 11.8 Å². The molecule has 2 unspecified atom stereocenters. The molecule has 1 aromatic heterocycles. The minimum Gasteiger partial charge on any atom is -0.465 e. The summed E-state index contributed by atoms with van der Waals surface area (Å²) in [5.41, 5.74) is 0. The third-order valence-electron chi connectivity index (χ3n) is 4.99. The van der Waals surface area contributed by atoms with Gasteiger partial charge in [0.05, 0.1) is 6.04 Å². The molecule has 4 heteroatoms. The zero-order valence-electron chi connectivity index (χ0n) is 13.1. The standard InChI is InChI=1S/C17H26N2O2/c1-12-7-8-16(21-12)17(14-5-3-4-6-14)18-15-9-10-19(11-15)13(2)20/h7-8,14-15,17-18H,3-6,9-11H2,1-2H3. The van der Waals surface area contributed by atoms with E-state index in [1.54, 1.807) is 6.92 Å². The summed E-state index contributed by atoms with van der Waals surface area (Å²) in [6.07, 6.45) is 6.25. The van der Waals surface area contributed by atoms with Gasteiger partial charge in [0.25, 0.3) is 0 Å². The highest BCUT2D eigenvalue weighted by atomic mass is 16.3. The highest BCUT2D eigenvalue weighted by Gasteiger charge is 2.33. The van der Waals surface area contributed by atoms with Crippen LogP contribution in [0.3, 0.4) is 0 Å². The molecule has 1 saturated heterocycles. The van der Waals surface area contributed by atoms with Crippen LogP contribution in [0.4, 0.5) is 0 Å². The highest BCUT2D eigenvalue weighted by molar-refractivity contribution is 5.73. The van der Waals surface area contributed by atoms with E-state index in [0.29, 0.717) is 18.0 Å². The Morgan fingerprint density at radius 3 is 2.67 bits per heavy atom. The highest BCUT2D eigenvalue weighted by Crippen LogP contribution is 2.37. The van der Waals surface area contributed by atoms with Crippen molar-refractivity contribution in [3.05, 3.63) is 23.7 Å². The monoisotopic (exact) mass is 290 g/mol. The van der Waals surface area contributed by atoms with Gasteiger partial charge in [0.1, 0.15) is 11.5 Å². The molecule has 4 nitrogen and oxygen atoms in total. The van der Waals surface area contributed by atoms with Crippen LogP contribution in [-0.4, -0.2) is 29.9 Å². The molecule has 0 radical (unpaired) electrons. The largest absolute Gasteiger partial charge is 0.465 e. The summed E-state index contributed by atoms with van der Waals surface area (Å²) in [6.45, 7) is 5.37. The number of rotatable bonds is 4. The second kappa shape index (κ2) is 6.22. The second-order valence-electron chi connectivity index (χ2n) is 6.59. The van der Waals surface area contributed by atoms with E-state index >= 15 is 0 Å². The second-order valence-corrected chi connectivity index (χ2v) is 6.59. The van der Waals surface area contributed by atoms with Crippen LogP contribution in [-0.2, 0) is 4.79 Å². The number of furan rings is 1. The van der Waals surface area contributed by atoms with Gasteiger partial charge in [-0.05, 0) is 44.2 Å². The SMILES string of the molecule is CC(=O)N1CCC(NC(c2ccc(C)o2)C2CCCC2)C1. The van der Waals surface area contributed by atoms with E-state index in [2.05, 4.69) is 17.4 Å². The zero-order chi connectivity index (χ0) is 14.8. The molecule has 0 aromatic carbocycles. The van der Waals surface area contributed by atoms with Crippen molar-refractivity contribution in [3.63, 3.8) is 0 Å². The Hall–Kier alpha value is -1.29. The fourth-order valence-electron chi connectivity index (χ4n) is 3.80. The smallest absolute Gasteiger partial charge is 0.219 e. The van der Waals surface area contributed by atoms with Crippen molar-refractivity contribution < 1.29 is 9.21 Å². The Kier molecular flexibility index (Phi) is 4.34. The predicted molar refractivity (Wildman–Crippen MR) is 81.9 cm³/mol. The molecule has 1 aliphatic carbocycles. The Morgan fingerprint density at radius 1 is 1.33 bits per heavy atom. The lowest BCUT2D eigenvalue weighted by Crippen LogP contribution is -2.38. The van der Waals surface area contributed by atoms with Gasteiger partial charge in [-0.3, -0.25) is 4.79 Å². The lowest BCUT2D eigenvalue weighted by Gasteiger charge is -2.26. The summed E-state index contributed by atoms with van der Waals surface area (Å²) >= 11 is 0. The maximum absolute atomic E-state index is 11.5. The summed E-state index contributed by atoms with van der Waals surface area (Å²) in [7, 11) is 0. The van der Waals surface area contributed by atoms with Crippen LogP contribution < -0.4 is 5.32 Å². The molecule has 2 aliphatic rings. The van der Waals surface area contributed by atoms with Gasteiger partial charge in [-0.1, -0.05) is 12.8 Å². The van der Waals surface area contributed by atoms with E-state index in [9.17, 15) is 4.79 Å². The number of nitrogens with one attached hydrogen (secondary N) is 1. The molecule has 2 heterocycles. The molecule has 1 aliphatic heterocycles. The third-order valence-corrected chi connectivity index (χ3v) is 4.99. The van der Waals surface area contributed by atoms with Crippen LogP contribution in [0.1, 0.15) is 56.6 Å². The Labute approximate surface area is 126 Å². The van der Waals surface area contributed by atoms with Crippen LogP contribution in [0.5, 0.6) is 0 Å². The van der Waals surface area contributed by atoms with Crippen LogP contribution in [0.2, 0.25) is 0 Å². The van der Waals surface area contributed by atoms with Crippen LogP contribution in [0.25, 0.3) is 0 Å². The molecule has 116 valence electrons. The van der Waals surface area contributed by atoms with Gasteiger partial charge in [-0.2, -0.15) is 0 Å². The van der Waals surface area contributed by atoms with Gasteiger partial charge >= 0.3 is 0 Å². The molecule has 3 rings (SSSR count). The Balaban J connectivity index is 1.69. The number of amides is 1. The first-order valence-electron chi connectivity index (χ1n) is 8.21. The minimum absolute atomic E-state index is 0.186. The molecule has 2 atom stereocenters. The van der Waals surface area contributed by atoms with Crippen molar-refractivity contribution in [1.82, 2.24) is 10.2 Å². The average molecular weight is 290 g/mol. The van der Waals surface area contributed by atoms with Gasteiger partial charge in [0.15, 0.2) is 0 Å². The summed E-state index contributed by atoms with van der Waals surface area (Å²) < 4.78 is 5.90. The molecule has 21 heavy (non-hydrogen) atoms. The van der Waals surface area contributed by atoms with Crippen molar-refractivity contribution in [2.45, 2.75) is 58.0 Å². The van der Waals surface area contributed by atoms with Gasteiger partial charge < -0.3 is 14.6 Å². The maximum Gasteiger partial charge on any atom is 0.219 e. The fourth-order valence-corrected chi connectivity index (χ4v) is 3.80. The summed E-state index contributed by atoms with van der Waals surface area (Å²) in [4.78, 5) is 13.4. The van der Waals surface area contributed by atoms with Gasteiger partial charge in [-0.25, -0.2) is 0 Å². The average Bonchev–Trinajstić information content (AvgIpc) is 3.17. The molecule has 0 bridgehead atoms. The first kappa shape index (κ1) is 14.6. The van der Waals surface area contributed by atoms with Gasteiger partial charge in [0.2, 0.25) is 5.91 Å².